The van der Waals surface area contributed by atoms with Gasteiger partial charge in [0, 0.05) is 67.2 Å². The molecule has 1 fully saturated rings. The van der Waals surface area contributed by atoms with E-state index in [1.165, 1.54) is 12.8 Å². The molecule has 15 nitrogen and oxygen atoms in total. The summed E-state index contributed by atoms with van der Waals surface area (Å²) in [5.74, 6) is -0.124. The van der Waals surface area contributed by atoms with Crippen molar-refractivity contribution in [1.82, 2.24) is 38.6 Å². The summed E-state index contributed by atoms with van der Waals surface area (Å²) >= 11 is 15.3. The number of carbonyl (C=O) groups excluding carboxylic acids is 2. The molecular weight excluding hydrogens is 962 g/mol. The van der Waals surface area contributed by atoms with E-state index in [0.717, 1.165) is 57.4 Å². The Morgan fingerprint density at radius 1 is 0.677 bits per heavy atom. The number of imidazole rings is 4. The third-order valence-electron chi connectivity index (χ3n) is 9.01. The Hall–Kier alpha value is -4.78. The Balaban J connectivity index is 0.000000213. The number of hydrogen-bond acceptors (Lipinski definition) is 11. The maximum Gasteiger partial charge on any atom is 0.340 e. The van der Waals surface area contributed by atoms with E-state index in [1.807, 2.05) is 89.4 Å². The monoisotopic (exact) mass is 1010 g/mol. The lowest BCUT2D eigenvalue weighted by Gasteiger charge is -2.02. The van der Waals surface area contributed by atoms with Crippen LogP contribution in [-0.2, 0) is 57.1 Å². The Morgan fingerprint density at radius 2 is 1.09 bits per heavy atom. The van der Waals surface area contributed by atoms with Crippen molar-refractivity contribution in [2.75, 3.05) is 31.8 Å². The Labute approximate surface area is 403 Å². The Kier molecular flexibility index (Phi) is 24.9. The van der Waals surface area contributed by atoms with Crippen molar-refractivity contribution in [2.45, 2.75) is 39.2 Å². The number of alkyl halides is 3. The number of aromatic amines is 1. The number of ether oxygens (including phenoxy) is 3. The van der Waals surface area contributed by atoms with Crippen LogP contribution in [0.25, 0.3) is 44.1 Å². The van der Waals surface area contributed by atoms with E-state index in [-0.39, 0.29) is 23.9 Å². The van der Waals surface area contributed by atoms with Crippen LogP contribution < -0.4 is 0 Å². The largest absolute Gasteiger partial charge is 0.462 e. The average molecular weight is 1010 g/mol. The highest BCUT2D eigenvalue weighted by atomic mass is 36.0. The van der Waals surface area contributed by atoms with E-state index in [1.54, 1.807) is 57.4 Å². The first-order valence-corrected chi connectivity index (χ1v) is 24.3. The van der Waals surface area contributed by atoms with Crippen LogP contribution in [0.3, 0.4) is 0 Å². The molecule has 0 saturated carbocycles. The van der Waals surface area contributed by atoms with Crippen LogP contribution in [0.2, 0.25) is 0 Å². The summed E-state index contributed by atoms with van der Waals surface area (Å²) in [5.41, 5.74) is 10.2. The lowest BCUT2D eigenvalue weighted by Crippen LogP contribution is -2.05. The van der Waals surface area contributed by atoms with Crippen molar-refractivity contribution < 1.29 is 33.1 Å². The molecule has 8 aromatic rings. The summed E-state index contributed by atoms with van der Waals surface area (Å²) in [7, 11) is 13.2. The molecule has 0 bridgehead atoms. The van der Waals surface area contributed by atoms with E-state index < -0.39 is 9.23 Å². The van der Waals surface area contributed by atoms with E-state index in [9.17, 15) is 9.59 Å². The van der Waals surface area contributed by atoms with Crippen molar-refractivity contribution in [3.63, 3.8) is 0 Å². The topological polar surface area (TPSA) is 181 Å². The van der Waals surface area contributed by atoms with E-state index in [2.05, 4.69) is 46.3 Å². The van der Waals surface area contributed by atoms with Gasteiger partial charge in [-0.05, 0) is 68.7 Å². The summed E-state index contributed by atoms with van der Waals surface area (Å²) in [5, 5.41) is 9.19. The predicted octanol–water partition coefficient (Wildman–Crippen LogP) is 10.1. The fraction of sp³-hybridized carbons (Fsp3) is 0.318. The van der Waals surface area contributed by atoms with Gasteiger partial charge >= 0.3 is 11.9 Å². The van der Waals surface area contributed by atoms with Crippen molar-refractivity contribution in [1.29, 1.82) is 0 Å². The number of aryl methyl sites for hydroxylation is 3. The number of para-hydroxylation sites is 4. The van der Waals surface area contributed by atoms with Gasteiger partial charge in [-0.3, -0.25) is 0 Å². The summed E-state index contributed by atoms with van der Waals surface area (Å²) in [4.78, 5) is 42.7. The number of rotatable bonds is 6. The fourth-order valence-corrected chi connectivity index (χ4v) is 6.27. The molecule has 1 saturated heterocycles. The molecule has 9 rings (SSSR count). The van der Waals surface area contributed by atoms with Gasteiger partial charge in [-0.25, -0.2) is 33.7 Å². The van der Waals surface area contributed by atoms with Crippen molar-refractivity contribution in [2.24, 2.45) is 21.1 Å². The van der Waals surface area contributed by atoms with E-state index in [0.29, 0.717) is 41.3 Å². The van der Waals surface area contributed by atoms with Crippen LogP contribution in [-0.4, -0.2) is 91.6 Å². The van der Waals surface area contributed by atoms with Crippen LogP contribution in [0.5, 0.6) is 0 Å². The molecule has 5 heterocycles. The zero-order valence-electron chi connectivity index (χ0n) is 36.4. The zero-order chi connectivity index (χ0) is 47.7. The number of nitrogens with zero attached hydrogens (tertiary/aromatic N) is 7. The van der Waals surface area contributed by atoms with Crippen molar-refractivity contribution >= 4 is 121 Å². The molecule has 0 atom stereocenters. The predicted molar refractivity (Wildman–Crippen MR) is 262 cm³/mol. The number of H-pyrrole nitrogens is 1. The van der Waals surface area contributed by atoms with Crippen LogP contribution in [0.15, 0.2) is 98.1 Å². The number of benzene rings is 4. The molecule has 65 heavy (non-hydrogen) atoms. The SMILES string of the molecule is C1CCOC1.CCOC(=O)c1cccc2[nH]cnc12.CCOC(=O)c1cccc2c1ncn2C.ClCCl.Cn1cnc2c(CCl)cccc21.Cn1cnc2c(CO)cccc21.O=S(Cl)Cl. The number of aromatic nitrogens is 8. The number of aliphatic hydroxyl groups excluding tert-OH is 1. The molecule has 0 aliphatic carbocycles. The minimum Gasteiger partial charge on any atom is -0.462 e. The molecule has 2 N–H and O–H groups in total. The van der Waals surface area contributed by atoms with Gasteiger partial charge in [0.1, 0.15) is 11.0 Å². The summed E-state index contributed by atoms with van der Waals surface area (Å²) in [6, 6.07) is 22.7. The first-order chi connectivity index (χ1) is 31.4. The lowest BCUT2D eigenvalue weighted by molar-refractivity contribution is 0.0518. The molecule has 0 amide bonds. The smallest absolute Gasteiger partial charge is 0.340 e. The number of nitrogens with one attached hydrogen (secondary N) is 1. The van der Waals surface area contributed by atoms with Crippen molar-refractivity contribution in [3.05, 3.63) is 120 Å². The third kappa shape index (κ3) is 16.9. The summed E-state index contributed by atoms with van der Waals surface area (Å²) < 4.78 is 29.7. The number of esters is 2. The van der Waals surface area contributed by atoms with Gasteiger partial charge in [-0.2, -0.15) is 0 Å². The summed E-state index contributed by atoms with van der Waals surface area (Å²) in [6.45, 7) is 6.37. The first kappa shape index (κ1) is 54.6. The minimum absolute atomic E-state index is 0.0500. The molecule has 4 aromatic carbocycles. The zero-order valence-corrected chi connectivity index (χ0v) is 41.0. The molecule has 0 unspecified atom stereocenters. The second-order valence-corrected chi connectivity index (χ2v) is 16.9. The third-order valence-corrected chi connectivity index (χ3v) is 9.30. The van der Waals surface area contributed by atoms with Crippen LogP contribution in [0.1, 0.15) is 58.5 Å². The van der Waals surface area contributed by atoms with Crippen LogP contribution in [0.4, 0.5) is 0 Å². The Morgan fingerprint density at radius 3 is 1.54 bits per heavy atom. The van der Waals surface area contributed by atoms with Gasteiger partial charge in [0.25, 0.3) is 0 Å². The highest BCUT2D eigenvalue weighted by molar-refractivity contribution is 8.26. The highest BCUT2D eigenvalue weighted by Crippen LogP contribution is 2.20. The number of halogens is 5. The van der Waals surface area contributed by atoms with Gasteiger partial charge in [0.05, 0.1) is 94.7 Å². The van der Waals surface area contributed by atoms with Gasteiger partial charge in [-0.1, -0.05) is 36.4 Å². The van der Waals surface area contributed by atoms with Crippen LogP contribution in [0, 0.1) is 0 Å². The summed E-state index contributed by atoms with van der Waals surface area (Å²) in [6.07, 6.45) is 9.37. The normalized spacial score (nSPS) is 11.3. The van der Waals surface area contributed by atoms with Gasteiger partial charge in [-0.15, -0.1) is 34.8 Å². The molecule has 0 spiro atoms. The first-order valence-electron chi connectivity index (χ1n) is 19.9. The number of aliphatic hydroxyl groups is 1. The standard InChI is InChI=1S/C11H12N2O2.C10H10N2O2.C9H9ClN2.C9H10N2O.C4H8O.CH2Cl2.Cl2OS/c1-3-15-11(14)8-5-4-6-9-10(8)12-7-13(9)2;1-2-14-10(13)7-4-3-5-8-9(7)12-6-11-8;1-12-6-11-9-7(5-10)3-2-4-8(9)12;1-11-6-10-9-7(5-12)3-2-4-8(9)11;1-2-4-5-3-1;2-1-3;1-4(2)3/h4-7H,3H2,1-2H3;3-6H,2H2,1H3,(H,11,12);2-4,6H,5H2,1H3;2-4,6,12H,5H2,1H3;1-4H2;1H2;. The second kappa shape index (κ2) is 29.7. The average Bonchev–Trinajstić information content (AvgIpc) is 4.18. The van der Waals surface area contributed by atoms with Crippen molar-refractivity contribution in [3.8, 4) is 0 Å². The molecule has 1 aliphatic heterocycles. The van der Waals surface area contributed by atoms with Gasteiger partial charge in [0.15, 0.2) is 0 Å². The lowest BCUT2D eigenvalue weighted by atomic mass is 10.2. The number of carbonyl (C=O) groups is 2. The Bertz CT molecular complexity index is 2610. The van der Waals surface area contributed by atoms with E-state index >= 15 is 0 Å². The molecule has 1 aliphatic rings. The van der Waals surface area contributed by atoms with Gasteiger partial charge < -0.3 is 38.0 Å². The molecule has 21 heteroatoms. The van der Waals surface area contributed by atoms with Gasteiger partial charge in [0.2, 0.25) is 9.23 Å². The molecule has 0 radical (unpaired) electrons. The maximum atomic E-state index is 11.6. The molecular formula is C44H51Cl5N8O7S. The van der Waals surface area contributed by atoms with E-state index in [4.69, 9.17) is 58.3 Å². The number of fused-ring (bicyclic) bond motifs is 4. The quantitative estimate of drug-likeness (QED) is 0.0919. The number of hydrogen-bond donors (Lipinski definition) is 2. The maximum absolute atomic E-state index is 11.6. The second-order valence-electron chi connectivity index (χ2n) is 13.3. The highest BCUT2D eigenvalue weighted by Gasteiger charge is 2.14. The molecule has 350 valence electrons. The minimum atomic E-state index is -1.67. The molecule has 4 aromatic heterocycles. The van der Waals surface area contributed by atoms with Crippen LogP contribution >= 0.6 is 56.2 Å². The fourth-order valence-electron chi connectivity index (χ4n) is 6.05.